The van der Waals surface area contributed by atoms with Crippen molar-refractivity contribution in [2.24, 2.45) is 13.0 Å². The molecule has 1 fully saturated rings. The Morgan fingerprint density at radius 2 is 1.85 bits per heavy atom. The first-order valence-electron chi connectivity index (χ1n) is 14.0. The predicted octanol–water partition coefficient (Wildman–Crippen LogP) is 1.54. The number of nitrogens with zero attached hydrogens (tertiary/aromatic N) is 4. The lowest BCUT2D eigenvalue weighted by Gasteiger charge is -2.39. The van der Waals surface area contributed by atoms with E-state index in [1.54, 1.807) is 7.05 Å². The van der Waals surface area contributed by atoms with Gasteiger partial charge < -0.3 is 20.1 Å². The van der Waals surface area contributed by atoms with Gasteiger partial charge in [0.25, 0.3) is 10.0 Å². The third-order valence-corrected chi connectivity index (χ3v) is 9.33. The van der Waals surface area contributed by atoms with Gasteiger partial charge in [-0.15, -0.1) is 0 Å². The van der Waals surface area contributed by atoms with E-state index >= 15 is 0 Å². The fraction of sp³-hybridized carbons (Fsp3) is 0.571. The van der Waals surface area contributed by atoms with Crippen LogP contribution in [0.3, 0.4) is 0 Å². The van der Waals surface area contributed by atoms with Crippen LogP contribution in [-0.4, -0.2) is 77.6 Å². The van der Waals surface area contributed by atoms with Crippen LogP contribution in [0.15, 0.2) is 41.8 Å². The van der Waals surface area contributed by atoms with E-state index in [0.717, 1.165) is 28.3 Å². The molecule has 1 aromatic heterocycles. The molecule has 218 valence electrons. The zero-order chi connectivity index (χ0) is 28.9. The average molecular weight is 573 g/mol. The zero-order valence-corrected chi connectivity index (χ0v) is 24.4. The van der Waals surface area contributed by atoms with Gasteiger partial charge in [-0.05, 0) is 55.6 Å². The van der Waals surface area contributed by atoms with E-state index in [0.29, 0.717) is 32.2 Å². The van der Waals surface area contributed by atoms with Gasteiger partial charge in [0.05, 0.1) is 19.4 Å². The van der Waals surface area contributed by atoms with E-state index in [1.165, 1.54) is 22.0 Å². The molecule has 1 spiro atoms. The minimum atomic E-state index is -4.05. The molecule has 2 aromatic rings. The van der Waals surface area contributed by atoms with Crippen LogP contribution < -0.4 is 10.6 Å². The van der Waals surface area contributed by atoms with Crippen LogP contribution in [0.2, 0.25) is 0 Å². The first kappa shape index (κ1) is 29.7. The van der Waals surface area contributed by atoms with Crippen molar-refractivity contribution in [3.05, 3.63) is 47.9 Å². The van der Waals surface area contributed by atoms with Gasteiger partial charge in [-0.2, -0.15) is 4.31 Å². The first-order chi connectivity index (χ1) is 19.0. The number of sulfonamides is 1. The molecular weight excluding hydrogens is 532 g/mol. The first-order valence-corrected chi connectivity index (χ1v) is 15.4. The van der Waals surface area contributed by atoms with Gasteiger partial charge in [-0.1, -0.05) is 38.1 Å². The van der Waals surface area contributed by atoms with Gasteiger partial charge in [-0.25, -0.2) is 13.4 Å². The lowest BCUT2D eigenvalue weighted by atomic mass is 9.75. The summed E-state index contributed by atoms with van der Waals surface area (Å²) in [5.74, 6) is -0.946. The fourth-order valence-corrected chi connectivity index (χ4v) is 6.76. The van der Waals surface area contributed by atoms with E-state index in [4.69, 9.17) is 0 Å². The van der Waals surface area contributed by atoms with Crippen LogP contribution in [0.5, 0.6) is 0 Å². The van der Waals surface area contributed by atoms with Gasteiger partial charge in [0.1, 0.15) is 5.54 Å². The van der Waals surface area contributed by atoms with E-state index in [9.17, 15) is 22.8 Å². The summed E-state index contributed by atoms with van der Waals surface area (Å²) in [6.45, 7) is 4.04. The van der Waals surface area contributed by atoms with Gasteiger partial charge >= 0.3 is 0 Å². The molecule has 12 heteroatoms. The number of fused-ring (bicyclic) bond motifs is 2. The highest BCUT2D eigenvalue weighted by Crippen LogP contribution is 2.36. The van der Waals surface area contributed by atoms with Crippen molar-refractivity contribution >= 4 is 27.7 Å². The highest BCUT2D eigenvalue weighted by molar-refractivity contribution is 7.89. The number of imidazole rings is 1. The molecule has 4 rings (SSSR count). The number of rotatable bonds is 5. The molecule has 2 heterocycles. The number of benzene rings is 1. The summed E-state index contributed by atoms with van der Waals surface area (Å²) in [4.78, 5) is 46.3. The summed E-state index contributed by atoms with van der Waals surface area (Å²) >= 11 is 0. The van der Waals surface area contributed by atoms with Crippen molar-refractivity contribution in [2.75, 3.05) is 32.7 Å². The predicted molar refractivity (Wildman–Crippen MR) is 149 cm³/mol. The largest absolute Gasteiger partial charge is 0.354 e. The second-order valence-corrected chi connectivity index (χ2v) is 13.0. The monoisotopic (exact) mass is 572 g/mol. The molecule has 40 heavy (non-hydrogen) atoms. The van der Waals surface area contributed by atoms with Crippen molar-refractivity contribution in [1.29, 1.82) is 0 Å². The fourth-order valence-electron chi connectivity index (χ4n) is 5.37. The van der Waals surface area contributed by atoms with Crippen LogP contribution in [0.1, 0.15) is 57.1 Å². The van der Waals surface area contributed by atoms with Crippen molar-refractivity contribution in [2.45, 2.75) is 62.9 Å². The van der Waals surface area contributed by atoms with Gasteiger partial charge in [0, 0.05) is 32.9 Å². The number of nitrogens with one attached hydrogen (secondary N) is 2. The van der Waals surface area contributed by atoms with Gasteiger partial charge in [-0.3, -0.25) is 14.4 Å². The van der Waals surface area contributed by atoms with Gasteiger partial charge in [0.15, 0.2) is 5.03 Å². The molecule has 1 atom stereocenters. The highest BCUT2D eigenvalue weighted by Gasteiger charge is 2.45. The molecule has 2 N–H and O–H groups in total. The average Bonchev–Trinajstić information content (AvgIpc) is 3.36. The second kappa shape index (κ2) is 12.5. The van der Waals surface area contributed by atoms with E-state index in [-0.39, 0.29) is 36.5 Å². The Kier molecular flexibility index (Phi) is 9.29. The third-order valence-electron chi connectivity index (χ3n) is 7.60. The van der Waals surface area contributed by atoms with Crippen molar-refractivity contribution < 1.29 is 22.8 Å². The van der Waals surface area contributed by atoms with Crippen molar-refractivity contribution in [3.63, 3.8) is 0 Å². The number of aryl methyl sites for hydroxylation is 2. The maximum atomic E-state index is 13.7. The Balaban J connectivity index is 1.65. The summed E-state index contributed by atoms with van der Waals surface area (Å²) in [6, 6.07) is 7.67. The Hall–Kier alpha value is -3.25. The zero-order valence-electron chi connectivity index (χ0n) is 23.6. The number of hydrogen-bond acceptors (Lipinski definition) is 6. The summed E-state index contributed by atoms with van der Waals surface area (Å²) in [6.07, 6.45) is 6.38. The lowest BCUT2D eigenvalue weighted by Crippen LogP contribution is -2.60. The van der Waals surface area contributed by atoms with Crippen molar-refractivity contribution in [1.82, 2.24) is 29.4 Å². The van der Waals surface area contributed by atoms with Crippen LogP contribution in [0, 0.1) is 5.92 Å². The van der Waals surface area contributed by atoms with Crippen LogP contribution in [0.25, 0.3) is 0 Å². The van der Waals surface area contributed by atoms with Crippen LogP contribution in [0.4, 0.5) is 0 Å². The van der Waals surface area contributed by atoms with Crippen LogP contribution in [-0.2, 0) is 43.4 Å². The number of carbonyl (C=O) groups excluding carboxylic acids is 3. The minimum absolute atomic E-state index is 0.0821. The molecule has 1 aliphatic carbocycles. The molecular formula is C28H40N6O5S. The SMILES string of the molecule is CC(C)CCN1CC(=O)NC2(CCCc3ccccc32)C(=O)NCCCCN(S(=O)(=O)c2cn(C)cn2)CC1=O. The smallest absolute Gasteiger partial charge is 0.262 e. The summed E-state index contributed by atoms with van der Waals surface area (Å²) in [5.41, 5.74) is 0.581. The number of amides is 3. The molecule has 0 saturated carbocycles. The Morgan fingerprint density at radius 3 is 2.58 bits per heavy atom. The molecule has 3 amide bonds. The molecule has 11 nitrogen and oxygen atoms in total. The minimum Gasteiger partial charge on any atom is -0.354 e. The molecule has 0 bridgehead atoms. The topological polar surface area (TPSA) is 134 Å². The molecule has 1 saturated heterocycles. The molecule has 0 radical (unpaired) electrons. The number of carbonyl (C=O) groups is 3. The van der Waals surface area contributed by atoms with E-state index in [2.05, 4.69) is 15.6 Å². The number of hydrogen-bond donors (Lipinski definition) is 2. The maximum absolute atomic E-state index is 13.7. The summed E-state index contributed by atoms with van der Waals surface area (Å²) in [5, 5.41) is 5.86. The highest BCUT2D eigenvalue weighted by atomic mass is 32.2. The number of aromatic nitrogens is 2. The molecule has 1 aliphatic heterocycles. The molecule has 1 aromatic carbocycles. The Labute approximate surface area is 236 Å². The lowest BCUT2D eigenvalue weighted by molar-refractivity contribution is -0.139. The summed E-state index contributed by atoms with van der Waals surface area (Å²) < 4.78 is 29.5. The molecule has 2 aliphatic rings. The van der Waals surface area contributed by atoms with E-state index in [1.807, 2.05) is 38.1 Å². The third kappa shape index (κ3) is 6.55. The Bertz CT molecular complexity index is 1340. The van der Waals surface area contributed by atoms with E-state index < -0.39 is 33.9 Å². The summed E-state index contributed by atoms with van der Waals surface area (Å²) in [7, 11) is -2.37. The quantitative estimate of drug-likeness (QED) is 0.559. The second-order valence-electron chi connectivity index (χ2n) is 11.1. The van der Waals surface area contributed by atoms with Crippen molar-refractivity contribution in [3.8, 4) is 0 Å². The van der Waals surface area contributed by atoms with Gasteiger partial charge in [0.2, 0.25) is 17.7 Å². The maximum Gasteiger partial charge on any atom is 0.262 e. The Morgan fingerprint density at radius 1 is 1.07 bits per heavy atom. The van der Waals surface area contributed by atoms with Crippen LogP contribution >= 0.6 is 0 Å². The molecule has 1 unspecified atom stereocenters. The standard InChI is InChI=1S/C28H40N6O5S/c1-21(2)12-16-33-17-24(35)31-28(13-8-10-22-9-4-5-11-23(22)28)27(37)29-14-6-7-15-34(19-26(33)36)40(38,39)25-18-32(3)20-30-25/h4-5,9,11,18,20-21H,6-8,10,12-17,19H2,1-3H3,(H,29,37)(H,31,35). The normalized spacial score (nSPS) is 22.1.